The molecule has 0 unspecified atom stereocenters. The van der Waals surface area contributed by atoms with Crippen molar-refractivity contribution < 1.29 is 13.5 Å². The Morgan fingerprint density at radius 3 is 2.50 bits per heavy atom. The standard InChI is InChI=1S/C18H23F2NO/c1-2-3-4-11-22-15-8-5-13(6-9-15)16-10-7-14(12-21)17(19)18(16)20/h7,10,13,15H,2-6,8-9,11H2,1H3/t13-,15-. The lowest BCUT2D eigenvalue weighted by atomic mass is 9.82. The van der Waals surface area contributed by atoms with Crippen LogP contribution in [0.4, 0.5) is 8.78 Å². The first-order valence-electron chi connectivity index (χ1n) is 8.17. The Labute approximate surface area is 131 Å². The number of benzene rings is 1. The second kappa shape index (κ2) is 8.24. The molecule has 2 nitrogen and oxygen atoms in total. The molecule has 0 aliphatic heterocycles. The highest BCUT2D eigenvalue weighted by Crippen LogP contribution is 2.36. The maximum atomic E-state index is 14.1. The Morgan fingerprint density at radius 1 is 1.14 bits per heavy atom. The van der Waals surface area contributed by atoms with Gasteiger partial charge in [-0.3, -0.25) is 0 Å². The summed E-state index contributed by atoms with van der Waals surface area (Å²) in [6.45, 7) is 2.96. The smallest absolute Gasteiger partial charge is 0.176 e. The van der Waals surface area contributed by atoms with Crippen LogP contribution in [0, 0.1) is 23.0 Å². The van der Waals surface area contributed by atoms with Crippen LogP contribution in [-0.4, -0.2) is 12.7 Å². The van der Waals surface area contributed by atoms with Gasteiger partial charge in [-0.05, 0) is 49.7 Å². The highest BCUT2D eigenvalue weighted by molar-refractivity contribution is 5.36. The number of rotatable bonds is 6. The molecule has 0 spiro atoms. The van der Waals surface area contributed by atoms with E-state index in [9.17, 15) is 8.78 Å². The molecule has 120 valence electrons. The second-order valence-corrected chi connectivity index (χ2v) is 5.99. The first-order valence-corrected chi connectivity index (χ1v) is 8.17. The van der Waals surface area contributed by atoms with Crippen molar-refractivity contribution in [2.75, 3.05) is 6.61 Å². The zero-order valence-corrected chi connectivity index (χ0v) is 13.1. The Kier molecular flexibility index (Phi) is 6.33. The van der Waals surface area contributed by atoms with Crippen molar-refractivity contribution in [3.8, 4) is 6.07 Å². The summed E-state index contributed by atoms with van der Waals surface area (Å²) in [5.74, 6) is -1.85. The number of halogens is 2. The van der Waals surface area contributed by atoms with Crippen LogP contribution in [0.3, 0.4) is 0 Å². The topological polar surface area (TPSA) is 33.0 Å². The minimum atomic E-state index is -1.02. The van der Waals surface area contributed by atoms with E-state index >= 15 is 0 Å². The summed E-state index contributed by atoms with van der Waals surface area (Å²) in [5, 5.41) is 8.73. The minimum absolute atomic E-state index is 0.0257. The van der Waals surface area contributed by atoms with Crippen LogP contribution in [0.5, 0.6) is 0 Å². The van der Waals surface area contributed by atoms with Crippen molar-refractivity contribution in [2.24, 2.45) is 0 Å². The van der Waals surface area contributed by atoms with Gasteiger partial charge >= 0.3 is 0 Å². The van der Waals surface area contributed by atoms with Crippen molar-refractivity contribution in [1.29, 1.82) is 5.26 Å². The maximum absolute atomic E-state index is 14.1. The molecule has 0 saturated heterocycles. The Balaban J connectivity index is 1.89. The second-order valence-electron chi connectivity index (χ2n) is 5.99. The predicted molar refractivity (Wildman–Crippen MR) is 81.5 cm³/mol. The molecule has 0 radical (unpaired) electrons. The molecular weight excluding hydrogens is 284 g/mol. The molecule has 0 bridgehead atoms. The van der Waals surface area contributed by atoms with Crippen LogP contribution in [0.1, 0.15) is 68.9 Å². The SMILES string of the molecule is CCCCCO[C@H]1CC[C@H](c2ccc(C#N)c(F)c2F)CC1. The van der Waals surface area contributed by atoms with Gasteiger partial charge in [0, 0.05) is 6.61 Å². The predicted octanol–water partition coefficient (Wildman–Crippen LogP) is 5.07. The average molecular weight is 307 g/mol. The third kappa shape index (κ3) is 4.04. The Bertz CT molecular complexity index is 531. The summed E-state index contributed by atoms with van der Waals surface area (Å²) in [6, 6.07) is 4.61. The maximum Gasteiger partial charge on any atom is 0.176 e. The lowest BCUT2D eigenvalue weighted by Crippen LogP contribution is -2.22. The van der Waals surface area contributed by atoms with Crippen molar-refractivity contribution in [3.05, 3.63) is 34.9 Å². The van der Waals surface area contributed by atoms with E-state index in [1.54, 1.807) is 12.1 Å². The zero-order chi connectivity index (χ0) is 15.9. The number of hydrogen-bond acceptors (Lipinski definition) is 2. The first-order chi connectivity index (χ1) is 10.7. The molecule has 0 amide bonds. The third-order valence-corrected chi connectivity index (χ3v) is 4.45. The largest absolute Gasteiger partial charge is 0.378 e. The van der Waals surface area contributed by atoms with Gasteiger partial charge in [0.1, 0.15) is 6.07 Å². The summed E-state index contributed by atoms with van der Waals surface area (Å²) in [4.78, 5) is 0. The van der Waals surface area contributed by atoms with Crippen LogP contribution in [0.2, 0.25) is 0 Å². The quantitative estimate of drug-likeness (QED) is 0.687. The molecule has 0 aromatic heterocycles. The van der Waals surface area contributed by atoms with Crippen LogP contribution in [0.25, 0.3) is 0 Å². The first kappa shape index (κ1) is 16.9. The summed E-state index contributed by atoms with van der Waals surface area (Å²) >= 11 is 0. The lowest BCUT2D eigenvalue weighted by molar-refractivity contribution is 0.0225. The van der Waals surface area contributed by atoms with Crippen molar-refractivity contribution in [3.63, 3.8) is 0 Å². The zero-order valence-electron chi connectivity index (χ0n) is 13.1. The molecule has 4 heteroatoms. The fraction of sp³-hybridized carbons (Fsp3) is 0.611. The number of nitrogens with zero attached hydrogens (tertiary/aromatic N) is 1. The fourth-order valence-electron chi connectivity index (χ4n) is 3.11. The van der Waals surface area contributed by atoms with Gasteiger partial charge in [-0.2, -0.15) is 5.26 Å². The number of unbranched alkanes of at least 4 members (excludes halogenated alkanes) is 2. The van der Waals surface area contributed by atoms with E-state index in [1.165, 1.54) is 18.9 Å². The van der Waals surface area contributed by atoms with Gasteiger partial charge in [0.15, 0.2) is 11.6 Å². The van der Waals surface area contributed by atoms with Crippen molar-refractivity contribution >= 4 is 0 Å². The van der Waals surface area contributed by atoms with Gasteiger partial charge in [-0.1, -0.05) is 25.8 Å². The monoisotopic (exact) mass is 307 g/mol. The van der Waals surface area contributed by atoms with E-state index in [0.717, 1.165) is 38.7 Å². The molecule has 0 atom stereocenters. The van der Waals surface area contributed by atoms with Gasteiger partial charge in [0.25, 0.3) is 0 Å². The summed E-state index contributed by atoms with van der Waals surface area (Å²) < 4.78 is 33.6. The summed E-state index contributed by atoms with van der Waals surface area (Å²) in [5.41, 5.74) is 0.176. The van der Waals surface area contributed by atoms with Gasteiger partial charge in [-0.15, -0.1) is 0 Å². The van der Waals surface area contributed by atoms with E-state index in [-0.39, 0.29) is 17.6 Å². The van der Waals surface area contributed by atoms with Crippen molar-refractivity contribution in [1.82, 2.24) is 0 Å². The molecular formula is C18H23F2NO. The number of nitriles is 1. The van der Waals surface area contributed by atoms with Gasteiger partial charge < -0.3 is 4.74 Å². The van der Waals surface area contributed by atoms with Crippen molar-refractivity contribution in [2.45, 2.75) is 63.9 Å². The highest BCUT2D eigenvalue weighted by atomic mass is 19.2. The summed E-state index contributed by atoms with van der Waals surface area (Å²) in [6.07, 6.45) is 7.09. The fourth-order valence-corrected chi connectivity index (χ4v) is 3.11. The van der Waals surface area contributed by atoms with Gasteiger partial charge in [-0.25, -0.2) is 8.78 Å². The van der Waals surface area contributed by atoms with Gasteiger partial charge in [0.2, 0.25) is 0 Å². The van der Waals surface area contributed by atoms with Crippen LogP contribution < -0.4 is 0 Å². The van der Waals surface area contributed by atoms with E-state index in [1.807, 2.05) is 0 Å². The van der Waals surface area contributed by atoms with E-state index in [0.29, 0.717) is 5.56 Å². The molecule has 1 fully saturated rings. The molecule has 1 aromatic rings. The molecule has 1 saturated carbocycles. The van der Waals surface area contributed by atoms with Crippen LogP contribution in [0.15, 0.2) is 12.1 Å². The third-order valence-electron chi connectivity index (χ3n) is 4.45. The van der Waals surface area contributed by atoms with Gasteiger partial charge in [0.05, 0.1) is 11.7 Å². The molecule has 0 heterocycles. The van der Waals surface area contributed by atoms with E-state index in [2.05, 4.69) is 6.92 Å². The average Bonchev–Trinajstić information content (AvgIpc) is 2.55. The Hall–Kier alpha value is -1.47. The molecule has 22 heavy (non-hydrogen) atoms. The molecule has 2 rings (SSSR count). The van der Waals surface area contributed by atoms with E-state index in [4.69, 9.17) is 10.00 Å². The molecule has 1 aromatic carbocycles. The minimum Gasteiger partial charge on any atom is -0.378 e. The normalized spacial score (nSPS) is 21.5. The number of ether oxygens (including phenoxy) is 1. The molecule has 1 aliphatic rings. The highest BCUT2D eigenvalue weighted by Gasteiger charge is 2.26. The van der Waals surface area contributed by atoms with Crippen LogP contribution in [-0.2, 0) is 4.74 Å². The van der Waals surface area contributed by atoms with E-state index < -0.39 is 11.6 Å². The number of hydrogen-bond donors (Lipinski definition) is 0. The van der Waals surface area contributed by atoms with Crippen LogP contribution >= 0.6 is 0 Å². The molecule has 1 aliphatic carbocycles. The lowest BCUT2D eigenvalue weighted by Gasteiger charge is -2.29. The summed E-state index contributed by atoms with van der Waals surface area (Å²) in [7, 11) is 0. The molecule has 0 N–H and O–H groups in total. The Morgan fingerprint density at radius 2 is 1.86 bits per heavy atom.